The van der Waals surface area contributed by atoms with E-state index in [1.807, 2.05) is 0 Å². The summed E-state index contributed by atoms with van der Waals surface area (Å²) in [4.78, 5) is 11.7. The highest BCUT2D eigenvalue weighted by Crippen LogP contribution is 2.29. The standard InChI is InChI=1S/C16H14F4N2O2/c17-12-6-2-1-5-11(12)9-22-15(23)10-21-13-7-3-4-8-14(13)24-16(18,19)20/h1-8,21H,9-10H2,(H,22,23). The Morgan fingerprint density at radius 1 is 1.04 bits per heavy atom. The third-order valence-corrected chi connectivity index (χ3v) is 2.99. The van der Waals surface area contributed by atoms with Gasteiger partial charge in [0.2, 0.25) is 5.91 Å². The van der Waals surface area contributed by atoms with E-state index in [1.165, 1.54) is 36.4 Å². The molecular formula is C16H14F4N2O2. The lowest BCUT2D eigenvalue weighted by Crippen LogP contribution is -2.30. The van der Waals surface area contributed by atoms with E-state index in [0.29, 0.717) is 5.56 Å². The van der Waals surface area contributed by atoms with Crippen LogP contribution in [0.5, 0.6) is 5.75 Å². The van der Waals surface area contributed by atoms with Gasteiger partial charge in [0, 0.05) is 12.1 Å². The minimum absolute atomic E-state index is 0.0200. The van der Waals surface area contributed by atoms with E-state index in [4.69, 9.17) is 0 Å². The molecule has 4 nitrogen and oxygen atoms in total. The topological polar surface area (TPSA) is 50.4 Å². The minimum Gasteiger partial charge on any atom is -0.404 e. The Morgan fingerprint density at radius 2 is 1.71 bits per heavy atom. The zero-order chi connectivity index (χ0) is 17.6. The van der Waals surface area contributed by atoms with E-state index >= 15 is 0 Å². The zero-order valence-corrected chi connectivity index (χ0v) is 12.4. The molecule has 2 aromatic rings. The second-order valence-electron chi connectivity index (χ2n) is 4.77. The lowest BCUT2D eigenvalue weighted by atomic mass is 10.2. The molecule has 0 radical (unpaired) electrons. The molecule has 24 heavy (non-hydrogen) atoms. The second-order valence-corrected chi connectivity index (χ2v) is 4.77. The molecule has 0 bridgehead atoms. The number of hydrogen-bond donors (Lipinski definition) is 2. The molecule has 0 aliphatic carbocycles. The molecule has 8 heteroatoms. The van der Waals surface area contributed by atoms with Crippen molar-refractivity contribution >= 4 is 11.6 Å². The monoisotopic (exact) mass is 342 g/mol. The summed E-state index contributed by atoms with van der Waals surface area (Å²) in [6.07, 6.45) is -4.83. The fourth-order valence-corrected chi connectivity index (χ4v) is 1.90. The van der Waals surface area contributed by atoms with E-state index in [0.717, 1.165) is 6.07 Å². The quantitative estimate of drug-likeness (QED) is 0.791. The summed E-state index contributed by atoms with van der Waals surface area (Å²) in [6, 6.07) is 11.3. The summed E-state index contributed by atoms with van der Waals surface area (Å²) in [5.74, 6) is -1.39. The highest BCUT2D eigenvalue weighted by Gasteiger charge is 2.32. The minimum atomic E-state index is -4.83. The van der Waals surface area contributed by atoms with E-state index < -0.39 is 23.8 Å². The number of nitrogens with one attached hydrogen (secondary N) is 2. The Morgan fingerprint density at radius 3 is 2.42 bits per heavy atom. The van der Waals surface area contributed by atoms with Gasteiger partial charge in [0.25, 0.3) is 0 Å². The number of hydrogen-bond acceptors (Lipinski definition) is 3. The Labute approximate surface area is 135 Å². The molecule has 0 atom stereocenters. The fraction of sp³-hybridized carbons (Fsp3) is 0.188. The fourth-order valence-electron chi connectivity index (χ4n) is 1.90. The molecule has 0 aromatic heterocycles. The highest BCUT2D eigenvalue weighted by atomic mass is 19.4. The van der Waals surface area contributed by atoms with E-state index in [9.17, 15) is 22.4 Å². The number of para-hydroxylation sites is 2. The van der Waals surface area contributed by atoms with Crippen LogP contribution in [0.2, 0.25) is 0 Å². The third kappa shape index (κ3) is 5.45. The number of halogens is 4. The molecule has 0 unspecified atom stereocenters. The van der Waals surface area contributed by atoms with Crippen molar-refractivity contribution in [3.63, 3.8) is 0 Å². The Bertz CT molecular complexity index is 704. The first-order valence-corrected chi connectivity index (χ1v) is 6.94. The van der Waals surface area contributed by atoms with Crippen molar-refractivity contribution in [3.8, 4) is 5.75 Å². The van der Waals surface area contributed by atoms with Crippen LogP contribution < -0.4 is 15.4 Å². The van der Waals surface area contributed by atoms with E-state index in [-0.39, 0.29) is 18.8 Å². The number of rotatable bonds is 6. The van der Waals surface area contributed by atoms with Crippen LogP contribution in [-0.4, -0.2) is 18.8 Å². The van der Waals surface area contributed by atoms with Gasteiger partial charge in [-0.3, -0.25) is 4.79 Å². The van der Waals surface area contributed by atoms with E-state index in [1.54, 1.807) is 6.07 Å². The summed E-state index contributed by atoms with van der Waals surface area (Å²) >= 11 is 0. The number of alkyl halides is 3. The lowest BCUT2D eigenvalue weighted by molar-refractivity contribution is -0.274. The maximum Gasteiger partial charge on any atom is 0.573 e. The van der Waals surface area contributed by atoms with Gasteiger partial charge in [-0.25, -0.2) is 4.39 Å². The predicted octanol–water partition coefficient (Wildman–Crippen LogP) is 3.45. The first-order chi connectivity index (χ1) is 11.3. The average molecular weight is 342 g/mol. The molecule has 0 saturated heterocycles. The summed E-state index contributed by atoms with van der Waals surface area (Å²) in [5, 5.41) is 5.03. The van der Waals surface area contributed by atoms with Gasteiger partial charge in [-0.2, -0.15) is 0 Å². The van der Waals surface area contributed by atoms with Crippen molar-refractivity contribution in [1.29, 1.82) is 0 Å². The maximum atomic E-state index is 13.4. The van der Waals surface area contributed by atoms with Gasteiger partial charge in [0.05, 0.1) is 12.2 Å². The molecule has 0 saturated carbocycles. The molecule has 128 valence electrons. The van der Waals surface area contributed by atoms with Gasteiger partial charge in [-0.15, -0.1) is 13.2 Å². The van der Waals surface area contributed by atoms with Gasteiger partial charge < -0.3 is 15.4 Å². The average Bonchev–Trinajstić information content (AvgIpc) is 2.52. The molecule has 1 amide bonds. The van der Waals surface area contributed by atoms with Crippen LogP contribution in [0.15, 0.2) is 48.5 Å². The summed E-state index contributed by atoms with van der Waals surface area (Å²) in [5.41, 5.74) is 0.336. The summed E-state index contributed by atoms with van der Waals surface area (Å²) < 4.78 is 54.2. The first kappa shape index (κ1) is 17.6. The van der Waals surface area contributed by atoms with Gasteiger partial charge in [0.1, 0.15) is 5.82 Å². The number of carbonyl (C=O) groups excluding carboxylic acids is 1. The molecule has 0 spiro atoms. The van der Waals surface area contributed by atoms with Crippen molar-refractivity contribution in [2.75, 3.05) is 11.9 Å². The summed E-state index contributed by atoms with van der Waals surface area (Å²) in [7, 11) is 0. The third-order valence-electron chi connectivity index (χ3n) is 2.99. The Balaban J connectivity index is 1.89. The van der Waals surface area contributed by atoms with Crippen molar-refractivity contribution in [2.24, 2.45) is 0 Å². The van der Waals surface area contributed by atoms with Crippen LogP contribution in [0.4, 0.5) is 23.2 Å². The first-order valence-electron chi connectivity index (χ1n) is 6.94. The second kappa shape index (κ2) is 7.67. The largest absolute Gasteiger partial charge is 0.573 e. The van der Waals surface area contributed by atoms with Crippen molar-refractivity contribution in [2.45, 2.75) is 12.9 Å². The van der Waals surface area contributed by atoms with Crippen molar-refractivity contribution < 1.29 is 27.1 Å². The molecule has 2 N–H and O–H groups in total. The number of amides is 1. The number of carbonyl (C=O) groups is 1. The van der Waals surface area contributed by atoms with Crippen LogP contribution in [0.25, 0.3) is 0 Å². The van der Waals surface area contributed by atoms with Crippen LogP contribution in [0.3, 0.4) is 0 Å². The Hall–Kier alpha value is -2.77. The van der Waals surface area contributed by atoms with Crippen LogP contribution in [-0.2, 0) is 11.3 Å². The Kier molecular flexibility index (Phi) is 5.62. The molecule has 0 aliphatic rings. The molecule has 2 aromatic carbocycles. The zero-order valence-electron chi connectivity index (χ0n) is 12.4. The normalized spacial score (nSPS) is 11.0. The van der Waals surface area contributed by atoms with Gasteiger partial charge >= 0.3 is 6.36 Å². The summed E-state index contributed by atoms with van der Waals surface area (Å²) in [6.45, 7) is -0.305. The van der Waals surface area contributed by atoms with Crippen molar-refractivity contribution in [3.05, 3.63) is 59.9 Å². The molecular weight excluding hydrogens is 328 g/mol. The van der Waals surface area contributed by atoms with Crippen LogP contribution in [0, 0.1) is 5.82 Å². The smallest absolute Gasteiger partial charge is 0.404 e. The number of ether oxygens (including phenoxy) is 1. The van der Waals surface area contributed by atoms with Crippen molar-refractivity contribution in [1.82, 2.24) is 5.32 Å². The molecule has 0 heterocycles. The molecule has 2 rings (SSSR count). The molecule has 0 aliphatic heterocycles. The SMILES string of the molecule is O=C(CNc1ccccc1OC(F)(F)F)NCc1ccccc1F. The van der Waals surface area contributed by atoms with E-state index in [2.05, 4.69) is 15.4 Å². The van der Waals surface area contributed by atoms with Crippen LogP contribution >= 0.6 is 0 Å². The molecule has 0 fully saturated rings. The lowest BCUT2D eigenvalue weighted by Gasteiger charge is -2.14. The number of benzene rings is 2. The maximum absolute atomic E-state index is 13.4. The van der Waals surface area contributed by atoms with Crippen LogP contribution in [0.1, 0.15) is 5.56 Å². The number of anilines is 1. The van der Waals surface area contributed by atoms with Gasteiger partial charge in [-0.05, 0) is 18.2 Å². The highest BCUT2D eigenvalue weighted by molar-refractivity contribution is 5.81. The van der Waals surface area contributed by atoms with Gasteiger partial charge in [0.15, 0.2) is 5.75 Å². The predicted molar refractivity (Wildman–Crippen MR) is 79.9 cm³/mol. The van der Waals surface area contributed by atoms with Gasteiger partial charge in [-0.1, -0.05) is 30.3 Å².